The molecule has 0 unspecified atom stereocenters. The lowest BCUT2D eigenvalue weighted by Gasteiger charge is -2.01. The predicted molar refractivity (Wildman–Crippen MR) is 59.4 cm³/mol. The summed E-state index contributed by atoms with van der Waals surface area (Å²) in [6.45, 7) is 0. The molecule has 0 spiro atoms. The average molecular weight is 280 g/mol. The largest absolute Gasteiger partial charge is 0.450 e. The third-order valence-corrected chi connectivity index (χ3v) is 3.29. The van der Waals surface area contributed by atoms with Crippen LogP contribution in [-0.4, -0.2) is 16.9 Å². The normalized spacial score (nSPS) is 12.0. The Morgan fingerprint density at radius 1 is 1.41 bits per heavy atom. The Balaban J connectivity index is 2.29. The summed E-state index contributed by atoms with van der Waals surface area (Å²) in [6.07, 6.45) is -5.53. The molecule has 1 aromatic heterocycles. The molecule has 17 heavy (non-hydrogen) atoms. The molecule has 2 rings (SSSR count). The van der Waals surface area contributed by atoms with Gasteiger partial charge in [-0.15, -0.1) is 11.3 Å². The van der Waals surface area contributed by atoms with Gasteiger partial charge in [-0.05, 0) is 18.2 Å². The molecule has 0 fully saturated rings. The molecule has 0 amide bonds. The van der Waals surface area contributed by atoms with Gasteiger partial charge in [0.25, 0.3) is 0 Å². The molecule has 0 N–H and O–H groups in total. The van der Waals surface area contributed by atoms with Crippen molar-refractivity contribution in [3.8, 4) is 0 Å². The van der Waals surface area contributed by atoms with Gasteiger partial charge in [0.05, 0.1) is 16.6 Å². The third kappa shape index (κ3) is 2.76. The quantitative estimate of drug-likeness (QED) is 0.840. The van der Waals surface area contributed by atoms with Crippen molar-refractivity contribution in [1.82, 2.24) is 4.98 Å². The Hall–Kier alpha value is -1.14. The Morgan fingerprint density at radius 3 is 2.76 bits per heavy atom. The molecule has 0 bridgehead atoms. The van der Waals surface area contributed by atoms with Crippen LogP contribution in [0.2, 0.25) is 5.02 Å². The van der Waals surface area contributed by atoms with Crippen LogP contribution in [0.5, 0.6) is 0 Å². The van der Waals surface area contributed by atoms with Gasteiger partial charge in [-0.25, -0.2) is 4.98 Å². The minimum Gasteiger partial charge on any atom is -0.289 e. The second kappa shape index (κ2) is 4.27. The molecule has 0 atom stereocenters. The first-order valence-corrected chi connectivity index (χ1v) is 5.71. The summed E-state index contributed by atoms with van der Waals surface area (Å²) in [5, 5.41) is 0.598. The molecule has 1 heterocycles. The van der Waals surface area contributed by atoms with Gasteiger partial charge in [-0.3, -0.25) is 4.79 Å². The van der Waals surface area contributed by atoms with Crippen molar-refractivity contribution < 1.29 is 18.0 Å². The van der Waals surface area contributed by atoms with E-state index in [4.69, 9.17) is 11.6 Å². The van der Waals surface area contributed by atoms with Gasteiger partial charge in [0.1, 0.15) is 5.01 Å². The second-order valence-electron chi connectivity index (χ2n) is 3.32. The molecule has 2 nitrogen and oxygen atoms in total. The molecule has 90 valence electrons. The zero-order valence-electron chi connectivity index (χ0n) is 8.21. The summed E-state index contributed by atoms with van der Waals surface area (Å²) in [4.78, 5) is 14.7. The van der Waals surface area contributed by atoms with Crippen LogP contribution >= 0.6 is 22.9 Å². The van der Waals surface area contributed by atoms with Gasteiger partial charge in [-0.2, -0.15) is 13.2 Å². The summed E-state index contributed by atoms with van der Waals surface area (Å²) >= 11 is 6.78. The average Bonchev–Trinajstić information content (AvgIpc) is 2.57. The van der Waals surface area contributed by atoms with Crippen LogP contribution in [0.1, 0.15) is 5.01 Å². The van der Waals surface area contributed by atoms with Crippen molar-refractivity contribution in [2.75, 3.05) is 0 Å². The standard InChI is InChI=1S/C10H5ClF3NOS/c11-5-1-2-7-6(3-5)15-9(17-7)4-8(16)10(12,13)14/h1-3H,4H2. The molecular weight excluding hydrogens is 275 g/mol. The molecule has 1 aromatic carbocycles. The molecule has 0 saturated carbocycles. The van der Waals surface area contributed by atoms with E-state index >= 15 is 0 Å². The van der Waals surface area contributed by atoms with Gasteiger partial charge < -0.3 is 0 Å². The maximum absolute atomic E-state index is 12.1. The number of halogens is 4. The number of aromatic nitrogens is 1. The topological polar surface area (TPSA) is 30.0 Å². The first-order chi connectivity index (χ1) is 7.86. The molecule has 0 saturated heterocycles. The molecule has 0 aliphatic rings. The van der Waals surface area contributed by atoms with Gasteiger partial charge >= 0.3 is 6.18 Å². The molecule has 2 aromatic rings. The highest BCUT2D eigenvalue weighted by Crippen LogP contribution is 2.27. The van der Waals surface area contributed by atoms with Crippen LogP contribution in [0.25, 0.3) is 10.2 Å². The molecule has 0 aliphatic carbocycles. The molecule has 7 heteroatoms. The maximum Gasteiger partial charge on any atom is 0.450 e. The van der Waals surface area contributed by atoms with Crippen molar-refractivity contribution in [3.63, 3.8) is 0 Å². The van der Waals surface area contributed by atoms with Gasteiger partial charge in [0, 0.05) is 5.02 Å². The van der Waals surface area contributed by atoms with Crippen LogP contribution in [0, 0.1) is 0 Å². The number of hydrogen-bond donors (Lipinski definition) is 0. The fourth-order valence-electron chi connectivity index (χ4n) is 1.26. The SMILES string of the molecule is O=C(Cc1nc2cc(Cl)ccc2s1)C(F)(F)F. The lowest BCUT2D eigenvalue weighted by Crippen LogP contribution is -2.24. The van der Waals surface area contributed by atoms with E-state index < -0.39 is 18.4 Å². The first-order valence-electron chi connectivity index (χ1n) is 4.51. The lowest BCUT2D eigenvalue weighted by atomic mass is 10.3. The van der Waals surface area contributed by atoms with E-state index in [1.165, 1.54) is 0 Å². The second-order valence-corrected chi connectivity index (χ2v) is 4.87. The third-order valence-electron chi connectivity index (χ3n) is 2.02. The Bertz CT molecular complexity index is 578. The Morgan fingerprint density at radius 2 is 2.12 bits per heavy atom. The zero-order chi connectivity index (χ0) is 12.6. The summed E-state index contributed by atoms with van der Waals surface area (Å²) in [7, 11) is 0. The van der Waals surface area contributed by atoms with E-state index in [0.29, 0.717) is 15.2 Å². The number of hydrogen-bond acceptors (Lipinski definition) is 3. The monoisotopic (exact) mass is 279 g/mol. The number of thiazole rings is 1. The smallest absolute Gasteiger partial charge is 0.289 e. The fourth-order valence-corrected chi connectivity index (χ4v) is 2.37. The highest BCUT2D eigenvalue weighted by atomic mass is 35.5. The summed E-state index contributed by atoms with van der Waals surface area (Å²) in [5.74, 6) is -1.79. The first kappa shape index (κ1) is 12.3. The minimum absolute atomic E-state index is 0.143. The number of carbonyl (C=O) groups is 1. The van der Waals surface area contributed by atoms with E-state index in [0.717, 1.165) is 11.3 Å². The highest BCUT2D eigenvalue weighted by molar-refractivity contribution is 7.18. The van der Waals surface area contributed by atoms with Crippen molar-refractivity contribution in [2.24, 2.45) is 0 Å². The number of Topliss-reactive ketones (excluding diaryl/α,β-unsaturated/α-hetero) is 1. The van der Waals surface area contributed by atoms with Crippen LogP contribution in [0.15, 0.2) is 18.2 Å². The minimum atomic E-state index is -4.81. The van der Waals surface area contributed by atoms with E-state index in [-0.39, 0.29) is 5.01 Å². The summed E-state index contributed by atoms with van der Waals surface area (Å²) < 4.78 is 36.9. The number of nitrogens with zero attached hydrogens (tertiary/aromatic N) is 1. The maximum atomic E-state index is 12.1. The summed E-state index contributed by atoms with van der Waals surface area (Å²) in [6, 6.07) is 4.84. The number of ketones is 1. The number of alkyl halides is 3. The number of fused-ring (bicyclic) bond motifs is 1. The van der Waals surface area contributed by atoms with E-state index in [1.807, 2.05) is 0 Å². The number of carbonyl (C=O) groups excluding carboxylic acids is 1. The van der Waals surface area contributed by atoms with Crippen LogP contribution in [0.4, 0.5) is 13.2 Å². The van der Waals surface area contributed by atoms with Crippen molar-refractivity contribution in [1.29, 1.82) is 0 Å². The highest BCUT2D eigenvalue weighted by Gasteiger charge is 2.38. The number of benzene rings is 1. The van der Waals surface area contributed by atoms with Crippen LogP contribution in [-0.2, 0) is 11.2 Å². The van der Waals surface area contributed by atoms with Gasteiger partial charge in [0.15, 0.2) is 0 Å². The van der Waals surface area contributed by atoms with E-state index in [9.17, 15) is 18.0 Å². The van der Waals surface area contributed by atoms with E-state index in [2.05, 4.69) is 4.98 Å². The zero-order valence-corrected chi connectivity index (χ0v) is 9.79. The van der Waals surface area contributed by atoms with Crippen molar-refractivity contribution in [2.45, 2.75) is 12.6 Å². The Labute approximate surface area is 103 Å². The van der Waals surface area contributed by atoms with Crippen LogP contribution < -0.4 is 0 Å². The van der Waals surface area contributed by atoms with Crippen LogP contribution in [0.3, 0.4) is 0 Å². The van der Waals surface area contributed by atoms with Crippen molar-refractivity contribution >= 4 is 38.9 Å². The predicted octanol–water partition coefficient (Wildman–Crippen LogP) is 3.62. The summed E-state index contributed by atoms with van der Waals surface area (Å²) in [5.41, 5.74) is 0.507. The van der Waals surface area contributed by atoms with Crippen molar-refractivity contribution in [3.05, 3.63) is 28.2 Å². The van der Waals surface area contributed by atoms with E-state index in [1.54, 1.807) is 18.2 Å². The molecular formula is C10H5ClF3NOS. The molecule has 0 aliphatic heterocycles. The lowest BCUT2D eigenvalue weighted by molar-refractivity contribution is -0.170. The van der Waals surface area contributed by atoms with Gasteiger partial charge in [0.2, 0.25) is 5.78 Å². The number of rotatable bonds is 2. The Kier molecular flexibility index (Phi) is 3.09. The fraction of sp³-hybridized carbons (Fsp3) is 0.200. The van der Waals surface area contributed by atoms with Gasteiger partial charge in [-0.1, -0.05) is 11.6 Å². The molecule has 0 radical (unpaired) electrons.